The number of aryl methyl sites for hydroxylation is 1. The molecule has 0 atom stereocenters. The van der Waals surface area contributed by atoms with Crippen LogP contribution in [0.5, 0.6) is 0 Å². The van der Waals surface area contributed by atoms with Gasteiger partial charge in [-0.2, -0.15) is 0 Å². The van der Waals surface area contributed by atoms with Crippen LogP contribution in [0.25, 0.3) is 0 Å². The minimum atomic E-state index is -0.311. The Morgan fingerprint density at radius 1 is 1.29 bits per heavy atom. The summed E-state index contributed by atoms with van der Waals surface area (Å²) in [5, 5.41) is 2.67. The number of nitrogens with one attached hydrogen (secondary N) is 1. The largest absolute Gasteiger partial charge is 0.383 e. The molecule has 0 aromatic carbocycles. The third-order valence-electron chi connectivity index (χ3n) is 2.21. The van der Waals surface area contributed by atoms with E-state index in [1.165, 1.54) is 6.20 Å². The molecule has 0 fully saturated rings. The second kappa shape index (κ2) is 4.61. The third kappa shape index (κ3) is 2.57. The van der Waals surface area contributed by atoms with E-state index in [1.807, 2.05) is 19.1 Å². The van der Waals surface area contributed by atoms with Gasteiger partial charge in [-0.1, -0.05) is 6.07 Å². The maximum atomic E-state index is 11.9. The second-order valence-electron chi connectivity index (χ2n) is 3.55. The highest BCUT2D eigenvalue weighted by Crippen LogP contribution is 2.10. The summed E-state index contributed by atoms with van der Waals surface area (Å²) in [6.45, 7) is 1.86. The molecule has 0 saturated carbocycles. The molecule has 2 rings (SSSR count). The van der Waals surface area contributed by atoms with Crippen molar-refractivity contribution in [2.24, 2.45) is 0 Å². The number of amides is 1. The van der Waals surface area contributed by atoms with Crippen LogP contribution in [0.4, 0.5) is 11.6 Å². The first-order valence-electron chi connectivity index (χ1n) is 5.12. The topological polar surface area (TPSA) is 80.9 Å². The number of nitrogen functional groups attached to an aromatic ring is 1. The highest BCUT2D eigenvalue weighted by atomic mass is 16.1. The van der Waals surface area contributed by atoms with Crippen LogP contribution in [0.15, 0.2) is 36.5 Å². The van der Waals surface area contributed by atoms with Crippen LogP contribution in [0, 0.1) is 6.92 Å². The summed E-state index contributed by atoms with van der Waals surface area (Å²) in [6, 6.07) is 8.68. The van der Waals surface area contributed by atoms with Crippen LogP contribution in [-0.2, 0) is 0 Å². The van der Waals surface area contributed by atoms with Crippen molar-refractivity contribution >= 4 is 17.5 Å². The molecule has 0 bridgehead atoms. The quantitative estimate of drug-likeness (QED) is 0.818. The van der Waals surface area contributed by atoms with Gasteiger partial charge in [0, 0.05) is 11.9 Å². The Labute approximate surface area is 98.7 Å². The SMILES string of the molecule is Cc1cccc(NC(=O)c2cccnc2N)n1. The number of rotatable bonds is 2. The fraction of sp³-hybridized carbons (Fsp3) is 0.0833. The Hall–Kier alpha value is -2.43. The van der Waals surface area contributed by atoms with E-state index in [1.54, 1.807) is 18.2 Å². The number of hydrogen-bond acceptors (Lipinski definition) is 4. The third-order valence-corrected chi connectivity index (χ3v) is 2.21. The summed E-state index contributed by atoms with van der Waals surface area (Å²) in [5.74, 6) is 0.393. The number of carbonyl (C=O) groups excluding carboxylic acids is 1. The lowest BCUT2D eigenvalue weighted by Crippen LogP contribution is -2.15. The Morgan fingerprint density at radius 3 is 2.82 bits per heavy atom. The number of anilines is 2. The Balaban J connectivity index is 2.20. The number of carbonyl (C=O) groups is 1. The van der Waals surface area contributed by atoms with E-state index in [-0.39, 0.29) is 11.7 Å². The van der Waals surface area contributed by atoms with E-state index in [4.69, 9.17) is 5.73 Å². The van der Waals surface area contributed by atoms with E-state index in [0.29, 0.717) is 11.4 Å². The van der Waals surface area contributed by atoms with E-state index in [9.17, 15) is 4.79 Å². The summed E-state index contributed by atoms with van der Waals surface area (Å²) in [7, 11) is 0. The second-order valence-corrected chi connectivity index (χ2v) is 3.55. The van der Waals surface area contributed by atoms with E-state index < -0.39 is 0 Å². The van der Waals surface area contributed by atoms with Crippen molar-refractivity contribution in [3.8, 4) is 0 Å². The fourth-order valence-electron chi connectivity index (χ4n) is 1.41. The predicted molar refractivity (Wildman–Crippen MR) is 65.6 cm³/mol. The zero-order valence-corrected chi connectivity index (χ0v) is 9.34. The first-order valence-corrected chi connectivity index (χ1v) is 5.12. The van der Waals surface area contributed by atoms with Gasteiger partial charge < -0.3 is 11.1 Å². The first kappa shape index (κ1) is 11.1. The number of aromatic nitrogens is 2. The fourth-order valence-corrected chi connectivity index (χ4v) is 1.41. The van der Waals surface area contributed by atoms with Gasteiger partial charge in [0.25, 0.3) is 5.91 Å². The minimum absolute atomic E-state index is 0.206. The average Bonchev–Trinajstić information content (AvgIpc) is 2.29. The predicted octanol–water partition coefficient (Wildman–Crippen LogP) is 1.62. The highest BCUT2D eigenvalue weighted by Gasteiger charge is 2.10. The van der Waals surface area contributed by atoms with Gasteiger partial charge in [0.1, 0.15) is 11.6 Å². The smallest absolute Gasteiger partial charge is 0.260 e. The molecule has 17 heavy (non-hydrogen) atoms. The summed E-state index contributed by atoms with van der Waals surface area (Å²) in [4.78, 5) is 19.9. The summed E-state index contributed by atoms with van der Waals surface area (Å²) >= 11 is 0. The van der Waals surface area contributed by atoms with Gasteiger partial charge in [0.05, 0.1) is 5.56 Å². The highest BCUT2D eigenvalue weighted by molar-refractivity contribution is 6.06. The molecule has 0 spiro atoms. The molecular weight excluding hydrogens is 216 g/mol. The van der Waals surface area contributed by atoms with Crippen molar-refractivity contribution in [3.05, 3.63) is 47.8 Å². The van der Waals surface area contributed by atoms with Gasteiger partial charge in [-0.25, -0.2) is 9.97 Å². The van der Waals surface area contributed by atoms with Crippen molar-refractivity contribution in [1.29, 1.82) is 0 Å². The molecule has 2 heterocycles. The van der Waals surface area contributed by atoms with Crippen LogP contribution in [-0.4, -0.2) is 15.9 Å². The van der Waals surface area contributed by atoms with Crippen molar-refractivity contribution in [2.45, 2.75) is 6.92 Å². The molecule has 0 aliphatic carbocycles. The molecule has 0 aliphatic rings. The van der Waals surface area contributed by atoms with Crippen molar-refractivity contribution in [1.82, 2.24) is 9.97 Å². The summed E-state index contributed by atoms with van der Waals surface area (Å²) in [5.41, 5.74) is 6.79. The molecule has 0 unspecified atom stereocenters. The number of nitrogens with zero attached hydrogens (tertiary/aromatic N) is 2. The molecule has 2 aromatic rings. The monoisotopic (exact) mass is 228 g/mol. The summed E-state index contributed by atoms with van der Waals surface area (Å²) in [6.07, 6.45) is 1.54. The molecule has 0 radical (unpaired) electrons. The lowest BCUT2D eigenvalue weighted by Gasteiger charge is -2.06. The maximum Gasteiger partial charge on any atom is 0.260 e. The van der Waals surface area contributed by atoms with Crippen LogP contribution in [0.3, 0.4) is 0 Å². The molecule has 0 saturated heterocycles. The van der Waals surface area contributed by atoms with Crippen molar-refractivity contribution < 1.29 is 4.79 Å². The number of hydrogen-bond donors (Lipinski definition) is 2. The normalized spacial score (nSPS) is 9.94. The molecule has 86 valence electrons. The van der Waals surface area contributed by atoms with Crippen LogP contribution in [0.1, 0.15) is 16.1 Å². The molecule has 0 aliphatic heterocycles. The average molecular weight is 228 g/mol. The minimum Gasteiger partial charge on any atom is -0.383 e. The van der Waals surface area contributed by atoms with Gasteiger partial charge in [-0.3, -0.25) is 4.79 Å². The van der Waals surface area contributed by atoms with E-state index in [2.05, 4.69) is 15.3 Å². The zero-order chi connectivity index (χ0) is 12.3. The van der Waals surface area contributed by atoms with Gasteiger partial charge in [0.15, 0.2) is 0 Å². The first-order chi connectivity index (χ1) is 8.16. The lowest BCUT2D eigenvalue weighted by molar-refractivity contribution is 0.102. The van der Waals surface area contributed by atoms with Gasteiger partial charge in [0.2, 0.25) is 0 Å². The van der Waals surface area contributed by atoms with Crippen LogP contribution in [0.2, 0.25) is 0 Å². The molecule has 5 heteroatoms. The van der Waals surface area contributed by atoms with Gasteiger partial charge in [-0.05, 0) is 31.2 Å². The molecule has 3 N–H and O–H groups in total. The Kier molecular flexibility index (Phi) is 3.00. The standard InChI is InChI=1S/C12H12N4O/c1-8-4-2-6-10(15-8)16-12(17)9-5-3-7-14-11(9)13/h2-7H,1H3,(H2,13,14)(H,15,16,17). The molecule has 2 aromatic heterocycles. The molecule has 1 amide bonds. The Bertz CT molecular complexity index is 554. The number of nitrogens with two attached hydrogens (primary N) is 1. The van der Waals surface area contributed by atoms with E-state index in [0.717, 1.165) is 5.69 Å². The van der Waals surface area contributed by atoms with Gasteiger partial charge >= 0.3 is 0 Å². The summed E-state index contributed by atoms with van der Waals surface area (Å²) < 4.78 is 0. The molecular formula is C12H12N4O. The molecule has 5 nitrogen and oxygen atoms in total. The van der Waals surface area contributed by atoms with Crippen LogP contribution < -0.4 is 11.1 Å². The Morgan fingerprint density at radius 2 is 2.12 bits per heavy atom. The maximum absolute atomic E-state index is 11.9. The van der Waals surface area contributed by atoms with Crippen LogP contribution >= 0.6 is 0 Å². The van der Waals surface area contributed by atoms with E-state index >= 15 is 0 Å². The van der Waals surface area contributed by atoms with Gasteiger partial charge in [-0.15, -0.1) is 0 Å². The zero-order valence-electron chi connectivity index (χ0n) is 9.34. The van der Waals surface area contributed by atoms with Crippen molar-refractivity contribution in [2.75, 3.05) is 11.1 Å². The van der Waals surface area contributed by atoms with Crippen molar-refractivity contribution in [3.63, 3.8) is 0 Å². The number of pyridine rings is 2. The lowest BCUT2D eigenvalue weighted by atomic mass is 10.2.